The van der Waals surface area contributed by atoms with Crippen LogP contribution in [0.25, 0.3) is 0 Å². The van der Waals surface area contributed by atoms with Gasteiger partial charge in [-0.1, -0.05) is 178 Å². The Morgan fingerprint density at radius 1 is 0.638 bits per heavy atom. The zero-order chi connectivity index (χ0) is 43.4. The molecule has 324 valence electrons. The highest BCUT2D eigenvalue weighted by Crippen LogP contribution is 2.46. The van der Waals surface area contributed by atoms with Gasteiger partial charge in [-0.2, -0.15) is 0 Å². The highest BCUT2D eigenvalue weighted by molar-refractivity contribution is 6.92. The van der Waals surface area contributed by atoms with Crippen molar-refractivity contribution in [1.82, 2.24) is 0 Å². The van der Waals surface area contributed by atoms with Crippen molar-refractivity contribution in [3.8, 4) is 17.2 Å². The number of hydrogen-bond donors (Lipinski definition) is 2. The van der Waals surface area contributed by atoms with Gasteiger partial charge in [-0.05, 0) is 82.3 Å². The van der Waals surface area contributed by atoms with Crippen molar-refractivity contribution in [2.45, 2.75) is 201 Å². The number of aromatic hydroxyl groups is 1. The number of aliphatic imine (C=N–C) groups is 1. The van der Waals surface area contributed by atoms with E-state index in [1.165, 1.54) is 51.4 Å². The van der Waals surface area contributed by atoms with Crippen LogP contribution in [-0.2, 0) is 16.4 Å². The van der Waals surface area contributed by atoms with Crippen LogP contribution >= 0.6 is 0 Å². The number of ether oxygens (including phenoxy) is 2. The summed E-state index contributed by atoms with van der Waals surface area (Å²) in [5.41, 5.74) is 2.29. The topological polar surface area (TPSA) is 71.3 Å². The lowest BCUT2D eigenvalue weighted by Crippen LogP contribution is -2.51. The number of phenolic OH excluding ortho intramolecular Hbond substituents is 1. The molecule has 0 aliphatic carbocycles. The maximum atomic E-state index is 13.9. The zero-order valence-electron chi connectivity index (χ0n) is 39.4. The van der Waals surface area contributed by atoms with Gasteiger partial charge < -0.3 is 19.7 Å². The van der Waals surface area contributed by atoms with E-state index in [0.717, 1.165) is 47.6 Å². The van der Waals surface area contributed by atoms with Crippen molar-refractivity contribution >= 4 is 19.5 Å². The molecule has 0 aliphatic heterocycles. The molecule has 0 aromatic heterocycles. The summed E-state index contributed by atoms with van der Waals surface area (Å²) in [7, 11) is -2.09. The van der Waals surface area contributed by atoms with Crippen molar-refractivity contribution in [2.75, 3.05) is 13.2 Å². The summed E-state index contributed by atoms with van der Waals surface area (Å²) in [5.74, 6) is 1.54. The first kappa shape index (κ1) is 49.3. The van der Waals surface area contributed by atoms with Gasteiger partial charge in [-0.25, -0.2) is 0 Å². The Hall–Kier alpha value is -3.09. The summed E-state index contributed by atoms with van der Waals surface area (Å²) in [6.07, 6.45) is 15.8. The molecule has 0 radical (unpaired) electrons. The first-order valence-electron chi connectivity index (χ1n) is 22.7. The summed E-state index contributed by atoms with van der Waals surface area (Å²) in [5, 5.41) is 26.5. The van der Waals surface area contributed by atoms with E-state index in [-0.39, 0.29) is 21.6 Å². The first-order chi connectivity index (χ1) is 27.1. The number of unbranched alkanes of at least 4 members (excludes halogenated alkanes) is 10. The second kappa shape index (κ2) is 21.4. The lowest BCUT2D eigenvalue weighted by Gasteiger charge is -2.39. The van der Waals surface area contributed by atoms with E-state index in [9.17, 15) is 10.2 Å². The van der Waals surface area contributed by atoms with Crippen LogP contribution in [0.4, 0.5) is 0 Å². The molecule has 0 amide bonds. The summed E-state index contributed by atoms with van der Waals surface area (Å²) >= 11 is 0. The van der Waals surface area contributed by atoms with Crippen molar-refractivity contribution in [1.29, 1.82) is 0 Å². The Labute approximate surface area is 356 Å². The minimum atomic E-state index is -2.09. The van der Waals surface area contributed by atoms with Gasteiger partial charge in [0, 0.05) is 22.9 Å². The molecule has 5 nitrogen and oxygen atoms in total. The smallest absolute Gasteiger partial charge is 0.144 e. The minimum Gasteiger partial charge on any atom is -0.507 e. The number of hydrogen-bond acceptors (Lipinski definition) is 5. The number of phenols is 1. The Bertz CT molecular complexity index is 1660. The molecular weight excluding hydrogens is 731 g/mol. The van der Waals surface area contributed by atoms with Crippen molar-refractivity contribution in [3.63, 3.8) is 0 Å². The van der Waals surface area contributed by atoms with Crippen LogP contribution in [0.15, 0.2) is 59.6 Å². The average molecular weight is 814 g/mol. The van der Waals surface area contributed by atoms with Gasteiger partial charge in [0.05, 0.1) is 27.3 Å². The molecular formula is C52H83NO4Si. The summed E-state index contributed by atoms with van der Waals surface area (Å²) in [4.78, 5) is 5.25. The SMILES string of the molecule is CCCCCCCCOc1ccc(C(C)(C)C)cc1C(O)(c1cc(C(C)(C)C)ccc1OCCCCCCCC)C(C)N=Cc1c(O)cccc1[Si](C)(C)C(C)(C)C. The molecule has 3 aromatic rings. The summed E-state index contributed by atoms with van der Waals surface area (Å²) in [6.45, 7) is 32.4. The predicted molar refractivity (Wildman–Crippen MR) is 253 cm³/mol. The average Bonchev–Trinajstić information content (AvgIpc) is 3.15. The molecule has 0 heterocycles. The quantitative estimate of drug-likeness (QED) is 0.0602. The van der Waals surface area contributed by atoms with Crippen LogP contribution in [0.3, 0.4) is 0 Å². The zero-order valence-corrected chi connectivity index (χ0v) is 40.4. The molecule has 0 spiro atoms. The largest absolute Gasteiger partial charge is 0.507 e. The van der Waals surface area contributed by atoms with Crippen LogP contribution in [0.1, 0.15) is 188 Å². The third-order valence-corrected chi connectivity index (χ3v) is 18.2. The van der Waals surface area contributed by atoms with Gasteiger partial charge in [0.2, 0.25) is 0 Å². The Kier molecular flexibility index (Phi) is 18.2. The van der Waals surface area contributed by atoms with Gasteiger partial charge in [-0.3, -0.25) is 4.99 Å². The molecule has 58 heavy (non-hydrogen) atoms. The Morgan fingerprint density at radius 2 is 1.07 bits per heavy atom. The maximum absolute atomic E-state index is 13.9. The lowest BCUT2D eigenvalue weighted by atomic mass is 9.75. The van der Waals surface area contributed by atoms with E-state index in [2.05, 4.69) is 132 Å². The molecule has 0 bridgehead atoms. The van der Waals surface area contributed by atoms with Crippen LogP contribution in [0, 0.1) is 0 Å². The fraction of sp³-hybridized carbons (Fsp3) is 0.635. The van der Waals surface area contributed by atoms with Crippen LogP contribution in [0.5, 0.6) is 17.2 Å². The standard InChI is InChI=1S/C52H83NO4Si/c1-15-17-19-21-23-25-34-56-46-32-30-40(49(4,5)6)36-43(46)52(55,39(3)53-38-42-45(54)28-27-29-48(42)58(13,14)51(10,11)12)44-37-41(50(7,8)9)31-33-47(44)57-35-26-24-22-20-18-16-2/h27-33,36-39,54-55H,15-26,34-35H2,1-14H3. The van der Waals surface area contributed by atoms with Crippen LogP contribution in [0.2, 0.25) is 18.1 Å². The van der Waals surface area contributed by atoms with Gasteiger partial charge >= 0.3 is 0 Å². The third kappa shape index (κ3) is 13.0. The van der Waals surface area contributed by atoms with E-state index in [0.29, 0.717) is 35.8 Å². The molecule has 3 aromatic carbocycles. The molecule has 1 atom stereocenters. The van der Waals surface area contributed by atoms with Crippen molar-refractivity contribution in [3.05, 3.63) is 82.4 Å². The molecule has 0 saturated heterocycles. The van der Waals surface area contributed by atoms with Crippen LogP contribution in [-0.4, -0.2) is 43.8 Å². The highest BCUT2D eigenvalue weighted by atomic mass is 28.3. The maximum Gasteiger partial charge on any atom is 0.144 e. The second-order valence-electron chi connectivity index (χ2n) is 20.5. The normalized spacial score (nSPS) is 13.6. The summed E-state index contributed by atoms with van der Waals surface area (Å²) in [6, 6.07) is 17.8. The molecule has 3 rings (SSSR count). The predicted octanol–water partition coefficient (Wildman–Crippen LogP) is 13.9. The van der Waals surface area contributed by atoms with Gasteiger partial charge in [-0.15, -0.1) is 0 Å². The number of nitrogens with zero attached hydrogens (tertiary/aromatic N) is 1. The van der Waals surface area contributed by atoms with Gasteiger partial charge in [0.25, 0.3) is 0 Å². The lowest BCUT2D eigenvalue weighted by molar-refractivity contribution is 0.0519. The number of benzene rings is 3. The molecule has 0 saturated carbocycles. The number of rotatable bonds is 22. The second-order valence-corrected chi connectivity index (χ2v) is 25.8. The van der Waals surface area contributed by atoms with E-state index < -0.39 is 19.7 Å². The van der Waals surface area contributed by atoms with Crippen molar-refractivity contribution < 1.29 is 19.7 Å². The molecule has 6 heteroatoms. The van der Waals surface area contributed by atoms with Crippen LogP contribution < -0.4 is 14.7 Å². The third-order valence-electron chi connectivity index (χ3n) is 12.7. The Morgan fingerprint density at radius 3 is 1.48 bits per heavy atom. The van der Waals surface area contributed by atoms with E-state index in [1.54, 1.807) is 6.07 Å². The van der Waals surface area contributed by atoms with E-state index >= 15 is 0 Å². The van der Waals surface area contributed by atoms with E-state index in [4.69, 9.17) is 14.5 Å². The minimum absolute atomic E-state index is 0.0427. The molecule has 2 N–H and O–H groups in total. The monoisotopic (exact) mass is 814 g/mol. The molecule has 1 unspecified atom stereocenters. The summed E-state index contributed by atoms with van der Waals surface area (Å²) < 4.78 is 13.4. The Balaban J connectivity index is 2.32. The first-order valence-corrected chi connectivity index (χ1v) is 25.7. The van der Waals surface area contributed by atoms with Gasteiger partial charge in [0.1, 0.15) is 22.8 Å². The molecule has 0 aliphatic rings. The van der Waals surface area contributed by atoms with Gasteiger partial charge in [0.15, 0.2) is 0 Å². The fourth-order valence-corrected chi connectivity index (χ4v) is 9.68. The highest BCUT2D eigenvalue weighted by Gasteiger charge is 2.44. The molecule has 0 fully saturated rings. The van der Waals surface area contributed by atoms with E-state index in [1.807, 2.05) is 19.2 Å². The van der Waals surface area contributed by atoms with Crippen molar-refractivity contribution in [2.24, 2.45) is 4.99 Å². The fourth-order valence-electron chi connectivity index (χ4n) is 7.50. The number of aliphatic hydroxyl groups is 1.